The average molecular weight is 1840 g/mol. The lowest BCUT2D eigenvalue weighted by atomic mass is 9.85. The molecule has 10 rings (SSSR count). The van der Waals surface area contributed by atoms with Gasteiger partial charge in [0.25, 0.3) is 0 Å². The molecule has 3 aromatic carbocycles. The van der Waals surface area contributed by atoms with E-state index in [1.54, 1.807) is 68.6 Å². The highest BCUT2D eigenvalue weighted by molar-refractivity contribution is 8.00. The number of hydrogen-bond acceptors (Lipinski definition) is 22. The number of aliphatic carboxylic acids is 1. The van der Waals surface area contributed by atoms with Gasteiger partial charge in [-0.2, -0.15) is 0 Å². The zero-order valence-corrected chi connectivity index (χ0v) is 75.6. The summed E-state index contributed by atoms with van der Waals surface area (Å²) in [5.74, 6) is -18.2. The molecule has 2 aromatic heterocycles. The number of H-pyrrole nitrogens is 1. The number of amides is 16. The van der Waals surface area contributed by atoms with Gasteiger partial charge in [-0.3, -0.25) is 81.5 Å². The summed E-state index contributed by atoms with van der Waals surface area (Å²) in [6.45, 7) is 3.89. The molecule has 40 nitrogen and oxygen atoms in total. The van der Waals surface area contributed by atoms with Gasteiger partial charge < -0.3 is 120 Å². The Labute approximate surface area is 762 Å². The van der Waals surface area contributed by atoms with Crippen LogP contribution in [0.4, 0.5) is 0 Å². The lowest BCUT2D eigenvalue weighted by Crippen LogP contribution is -2.61. The van der Waals surface area contributed by atoms with E-state index in [2.05, 4.69) is 52.8 Å². The third-order valence-electron chi connectivity index (χ3n) is 24.7. The first-order valence-electron chi connectivity index (χ1n) is 44.8. The number of nitrogens with one attached hydrogen (secondary N) is 10. The number of para-hydroxylation sites is 2. The van der Waals surface area contributed by atoms with E-state index in [1.165, 1.54) is 58.9 Å². The maximum absolute atomic E-state index is 15.9. The Bertz CT molecular complexity index is 4990. The van der Waals surface area contributed by atoms with Crippen LogP contribution in [0.2, 0.25) is 0 Å². The van der Waals surface area contributed by atoms with Gasteiger partial charge in [0.2, 0.25) is 94.5 Å². The highest BCUT2D eigenvalue weighted by Crippen LogP contribution is 2.33. The molecule has 20 N–H and O–H groups in total. The SMILES string of the molecule is CC(C)CC1NC(=O)[C@H](Cc2cn(CC(=O)O)c3ccccc23)NC(=O)[C@H](CCN)NC(=O)[C@H](Cc2c[nH]c3ccccc23)NC(=O)[C@@H]2C[C@@H](O)CN2C(=O)[C@H](CC(C)C)NC(=O)CNC(=O)[C@H]2CCCN2C(=O)[C@@H](CC(N)=O)NC(=O)[C@@H]2C[C@H](O)CN2C(=O)[C@H](Cc2ccc(O)cc2)NC(=O)CSCC(C(=O)NCC(N)=O)N(C)C(=O)C2CCCCCCCCC2N(C)C1=O. The minimum absolute atomic E-state index is 0.0171. The van der Waals surface area contributed by atoms with Gasteiger partial charge in [-0.15, -0.1) is 11.8 Å². The number of aromatic nitrogens is 2. The maximum atomic E-state index is 15.9. The number of benzene rings is 3. The van der Waals surface area contributed by atoms with Crippen molar-refractivity contribution in [1.29, 1.82) is 0 Å². The van der Waals surface area contributed by atoms with Gasteiger partial charge in [0.05, 0.1) is 43.4 Å². The van der Waals surface area contributed by atoms with Crippen molar-refractivity contribution in [1.82, 2.24) is 81.9 Å². The van der Waals surface area contributed by atoms with Gasteiger partial charge in [0.1, 0.15) is 78.8 Å². The molecule has 131 heavy (non-hydrogen) atoms. The first kappa shape index (κ1) is 101. The minimum atomic E-state index is -1.78. The van der Waals surface area contributed by atoms with E-state index in [1.807, 2.05) is 13.8 Å². The van der Waals surface area contributed by atoms with Crippen LogP contribution in [0.25, 0.3) is 21.8 Å². The zero-order chi connectivity index (χ0) is 95.2. The molecule has 5 fully saturated rings. The molecule has 41 heteroatoms. The van der Waals surface area contributed by atoms with E-state index in [9.17, 15) is 63.6 Å². The van der Waals surface area contributed by atoms with Crippen LogP contribution < -0.4 is 65.1 Å². The van der Waals surface area contributed by atoms with E-state index >= 15 is 38.4 Å². The molecule has 15 atom stereocenters. The maximum Gasteiger partial charge on any atom is 0.323 e. The molecule has 5 aliphatic rings. The number of fused-ring (bicyclic) bond motifs is 6. The second-order valence-corrected chi connectivity index (χ2v) is 36.6. The number of aromatic amines is 1. The second-order valence-electron chi connectivity index (χ2n) is 35.6. The third kappa shape index (κ3) is 27.2. The number of likely N-dealkylation sites (N-methyl/N-ethyl adjacent to an activating group) is 2. The largest absolute Gasteiger partial charge is 0.508 e. The Morgan fingerprint density at radius 3 is 1.69 bits per heavy atom. The van der Waals surface area contributed by atoms with E-state index in [0.29, 0.717) is 64.2 Å². The number of carboxylic acid groups (broad SMARTS) is 1. The highest BCUT2D eigenvalue weighted by atomic mass is 32.2. The van der Waals surface area contributed by atoms with Gasteiger partial charge >= 0.3 is 5.97 Å². The van der Waals surface area contributed by atoms with Crippen LogP contribution in [0, 0.1) is 17.8 Å². The number of aliphatic hydroxyl groups excluding tert-OH is 2. The number of thioether (sulfide) groups is 1. The lowest BCUT2D eigenvalue weighted by molar-refractivity contribution is -0.147. The number of nitrogens with zero attached hydrogens (tertiary/aromatic N) is 6. The molecule has 0 bridgehead atoms. The number of carboxylic acids is 1. The molecule has 0 radical (unpaired) electrons. The summed E-state index contributed by atoms with van der Waals surface area (Å²) < 4.78 is 1.45. The lowest BCUT2D eigenvalue weighted by Gasteiger charge is -2.39. The first-order valence-corrected chi connectivity index (χ1v) is 46.0. The minimum Gasteiger partial charge on any atom is -0.508 e. The zero-order valence-electron chi connectivity index (χ0n) is 74.7. The normalized spacial score (nSPS) is 26.4. The summed E-state index contributed by atoms with van der Waals surface area (Å²) in [6.07, 6.45) is 2.27. The fraction of sp³-hybridized carbons (Fsp3) is 0.567. The first-order chi connectivity index (χ1) is 62.4. The van der Waals surface area contributed by atoms with Gasteiger partial charge in [-0.25, -0.2) is 0 Å². The van der Waals surface area contributed by atoms with Crippen LogP contribution >= 0.6 is 11.8 Å². The molecule has 16 amide bonds. The number of carbonyl (C=O) groups is 17. The van der Waals surface area contributed by atoms with Crippen molar-refractivity contribution in [2.45, 2.75) is 241 Å². The fourth-order valence-corrected chi connectivity index (χ4v) is 19.1. The van der Waals surface area contributed by atoms with Gasteiger partial charge in [0, 0.05) is 112 Å². The summed E-state index contributed by atoms with van der Waals surface area (Å²) in [5.41, 5.74) is 19.9. The van der Waals surface area contributed by atoms with Gasteiger partial charge in [-0.1, -0.05) is 115 Å². The number of phenolic OH excluding ortho intramolecular Hbond substituents is 1. The monoisotopic (exact) mass is 1840 g/mol. The van der Waals surface area contributed by atoms with Crippen LogP contribution in [0.15, 0.2) is 85.2 Å². The Morgan fingerprint density at radius 1 is 0.534 bits per heavy atom. The number of primary amides is 2. The van der Waals surface area contributed by atoms with Crippen LogP contribution in [-0.2, 0) is 107 Å². The molecule has 4 aliphatic heterocycles. The van der Waals surface area contributed by atoms with E-state index < -0.39 is 242 Å². The Balaban J connectivity index is 1.03. The summed E-state index contributed by atoms with van der Waals surface area (Å²) in [4.78, 5) is 257. The second kappa shape index (κ2) is 47.0. The third-order valence-corrected chi connectivity index (χ3v) is 25.7. The summed E-state index contributed by atoms with van der Waals surface area (Å²) in [6, 6.07) is 1.69. The molecule has 5 aromatic rings. The van der Waals surface area contributed by atoms with Crippen molar-refractivity contribution in [2.24, 2.45) is 35.0 Å². The number of hydrogen-bond donors (Lipinski definition) is 17. The number of rotatable bonds is 19. The highest BCUT2D eigenvalue weighted by Gasteiger charge is 2.48. The predicted octanol–water partition coefficient (Wildman–Crippen LogP) is -1.57. The molecule has 4 saturated heterocycles. The van der Waals surface area contributed by atoms with Crippen molar-refractivity contribution < 1.29 is 102 Å². The summed E-state index contributed by atoms with van der Waals surface area (Å²) in [7, 11) is 2.87. The van der Waals surface area contributed by atoms with E-state index in [-0.39, 0.29) is 107 Å². The van der Waals surface area contributed by atoms with E-state index in [4.69, 9.17) is 17.2 Å². The van der Waals surface area contributed by atoms with Crippen molar-refractivity contribution in [2.75, 3.05) is 64.9 Å². The van der Waals surface area contributed by atoms with Crippen molar-refractivity contribution in [3.8, 4) is 5.75 Å². The average Bonchev–Trinajstić information content (AvgIpc) is 1.73. The standard InChI is InChI=1S/C90H125N19O21S/c1-49(2)32-64-87(127)104(5)68-22-12-10-8-7-9-11-20-59(68)86(126)105(6)73(83(123)95-41-75(93)114)47-131-48-77(116)98-66(34-51-25-27-54(110)28-26-51)90(130)109-45-56(112)38-72(109)85(125)103-67(39-74(92)113)88(128)107-31-17-24-70(107)82(122)96-42-76(115)97-65(33-50(3)4)89(129)108-44-55(111)37-71(108)84(124)101-62(35-52-40-94-60-21-15-13-18-57(52)60)80(120)99-61(29-30-91)79(119)100-63(81(121)102-64)36-53-43-106(46-78(117)118)69-23-16-14-19-58(53)69/h13-16,18-19,21,23,25-28,40,43,49-50,55-56,59,61-68,70-73,94,110-112H,7-12,17,20,22,24,29-39,41-42,44-48,91H2,1-6H3,(H2,92,113)(H2,93,114)(H,95,123)(H,96,122)(H,97,115)(H,98,116)(H,99,120)(H,100,119)(H,101,124)(H,102,121)(H,103,125)(H,117,118)/t55-,56+,59?,61+,62+,63+,64?,65+,66+,67-,68?,70-,71+,72+,73?/m1/s1. The topological polar surface area (TPSA) is 594 Å². The Morgan fingerprint density at radius 2 is 1.08 bits per heavy atom. The van der Waals surface area contributed by atoms with Crippen molar-refractivity contribution >= 4 is 134 Å². The predicted molar refractivity (Wildman–Crippen MR) is 480 cm³/mol. The van der Waals surface area contributed by atoms with Crippen LogP contribution in [0.3, 0.4) is 0 Å². The van der Waals surface area contributed by atoms with Crippen molar-refractivity contribution in [3.63, 3.8) is 0 Å². The van der Waals surface area contributed by atoms with Gasteiger partial charge in [0.15, 0.2) is 0 Å². The number of carbonyl (C=O) groups excluding carboxylic acids is 16. The molecular formula is C90H125N19O21S. The number of nitrogens with two attached hydrogens (primary N) is 3. The molecule has 1 saturated carbocycles. The fourth-order valence-electron chi connectivity index (χ4n) is 18.2. The molecule has 6 heterocycles. The molecule has 4 unspecified atom stereocenters. The van der Waals surface area contributed by atoms with Gasteiger partial charge in [-0.05, 0) is 104 Å². The van der Waals surface area contributed by atoms with Crippen LogP contribution in [0.1, 0.15) is 147 Å². The number of aliphatic hydroxyl groups is 2. The smallest absolute Gasteiger partial charge is 0.323 e. The quantitative estimate of drug-likeness (QED) is 0.0444. The summed E-state index contributed by atoms with van der Waals surface area (Å²) in [5, 5.41) is 68.3. The Hall–Kier alpha value is -12.2. The van der Waals surface area contributed by atoms with Crippen molar-refractivity contribution in [3.05, 3.63) is 102 Å². The number of aromatic hydroxyl groups is 1. The van der Waals surface area contributed by atoms with E-state index in [0.717, 1.165) is 39.3 Å². The molecule has 0 spiro atoms. The molecule has 712 valence electrons. The number of phenols is 1. The van der Waals surface area contributed by atoms with Crippen LogP contribution in [0.5, 0.6) is 5.75 Å². The van der Waals surface area contributed by atoms with Crippen LogP contribution in [-0.4, -0.2) is 305 Å². The Kier molecular flexibility index (Phi) is 36.2. The summed E-state index contributed by atoms with van der Waals surface area (Å²) >= 11 is 0.849. The molecule has 1 aliphatic carbocycles. The molecular weight excluding hydrogens is 1720 g/mol.